The highest BCUT2D eigenvalue weighted by Crippen LogP contribution is 2.24. The monoisotopic (exact) mass is 401 g/mol. The van der Waals surface area contributed by atoms with Gasteiger partial charge in [-0.2, -0.15) is 0 Å². The minimum Gasteiger partial charge on any atom is -0.444 e. The van der Waals surface area contributed by atoms with Crippen LogP contribution in [-0.2, 0) is 9.53 Å². The van der Waals surface area contributed by atoms with Gasteiger partial charge < -0.3 is 20.3 Å². The molecule has 0 bridgehead atoms. The fraction of sp³-hybridized carbons (Fsp3) is 0.588. The van der Waals surface area contributed by atoms with Gasteiger partial charge >= 0.3 is 6.09 Å². The van der Waals surface area contributed by atoms with Crippen LogP contribution in [0.3, 0.4) is 0 Å². The van der Waals surface area contributed by atoms with Crippen LogP contribution in [-0.4, -0.2) is 53.6 Å². The molecule has 0 radical (unpaired) electrons. The number of nitrogens with one attached hydrogen (secondary N) is 2. The topological polar surface area (TPSA) is 87.7 Å². The quantitative estimate of drug-likeness (QED) is 0.811. The second-order valence-corrected chi connectivity index (χ2v) is 8.95. The van der Waals surface area contributed by atoms with Crippen molar-refractivity contribution in [1.29, 1.82) is 0 Å². The lowest BCUT2D eigenvalue weighted by atomic mass is 10.1. The molecule has 1 aliphatic heterocycles. The average molecular weight is 402 g/mol. The van der Waals surface area contributed by atoms with Crippen molar-refractivity contribution < 1.29 is 19.1 Å². The van der Waals surface area contributed by atoms with Crippen molar-refractivity contribution in [2.24, 2.45) is 0 Å². The molecule has 9 heteroatoms. The van der Waals surface area contributed by atoms with Crippen molar-refractivity contribution >= 4 is 40.8 Å². The number of likely N-dealkylation sites (tertiary alicyclic amines) is 1. The zero-order chi connectivity index (χ0) is 19.5. The van der Waals surface area contributed by atoms with Gasteiger partial charge in [0.25, 0.3) is 5.91 Å². The number of thiophene rings is 1. The first-order valence-corrected chi connectivity index (χ1v) is 9.55. The van der Waals surface area contributed by atoms with Crippen LogP contribution < -0.4 is 10.6 Å². The minimum atomic E-state index is -0.620. The van der Waals surface area contributed by atoms with E-state index in [2.05, 4.69) is 10.6 Å². The van der Waals surface area contributed by atoms with Crippen molar-refractivity contribution in [3.63, 3.8) is 0 Å². The van der Waals surface area contributed by atoms with E-state index in [1.165, 1.54) is 18.3 Å². The highest BCUT2D eigenvalue weighted by Gasteiger charge is 2.38. The number of carbonyl (C=O) groups excluding carboxylic acids is 3. The zero-order valence-electron chi connectivity index (χ0n) is 15.3. The Morgan fingerprint density at radius 1 is 1.35 bits per heavy atom. The van der Waals surface area contributed by atoms with Gasteiger partial charge in [0.2, 0.25) is 5.91 Å². The Bertz CT molecular complexity index is 686. The standard InChI is InChI=1S/C17H24ClN3O4S/c1-10(22)19-8-12-7-11(9-21(12)16(24)25-17(2,3)4)20-15(23)13-5-6-14(18)26-13/h5-6,11-12H,7-9H2,1-4H3,(H,19,22)(H,20,23)/t11-,12+/m1/s1. The first kappa shape index (κ1) is 20.5. The Balaban J connectivity index is 2.04. The molecule has 0 unspecified atom stereocenters. The fourth-order valence-electron chi connectivity index (χ4n) is 2.71. The molecule has 2 N–H and O–H groups in total. The van der Waals surface area contributed by atoms with Crippen molar-refractivity contribution in [3.05, 3.63) is 21.3 Å². The van der Waals surface area contributed by atoms with Gasteiger partial charge in [-0.3, -0.25) is 9.59 Å². The van der Waals surface area contributed by atoms with Crippen LogP contribution in [0, 0.1) is 0 Å². The van der Waals surface area contributed by atoms with Crippen molar-refractivity contribution in [3.8, 4) is 0 Å². The molecular formula is C17H24ClN3O4S. The second-order valence-electron chi connectivity index (χ2n) is 7.23. The van der Waals surface area contributed by atoms with Crippen LogP contribution in [0.25, 0.3) is 0 Å². The summed E-state index contributed by atoms with van der Waals surface area (Å²) in [7, 11) is 0. The van der Waals surface area contributed by atoms with Gasteiger partial charge in [0.1, 0.15) is 5.60 Å². The third kappa shape index (κ3) is 5.88. The molecule has 0 spiro atoms. The van der Waals surface area contributed by atoms with Crippen molar-refractivity contribution in [2.45, 2.75) is 51.8 Å². The summed E-state index contributed by atoms with van der Waals surface area (Å²) in [5, 5.41) is 5.65. The molecule has 2 atom stereocenters. The molecule has 1 aliphatic rings. The molecule has 2 heterocycles. The van der Waals surface area contributed by atoms with Gasteiger partial charge in [-0.1, -0.05) is 11.6 Å². The molecule has 26 heavy (non-hydrogen) atoms. The lowest BCUT2D eigenvalue weighted by Crippen LogP contribution is -2.45. The molecular weight excluding hydrogens is 378 g/mol. The molecule has 1 aromatic heterocycles. The molecule has 1 aromatic rings. The van der Waals surface area contributed by atoms with E-state index >= 15 is 0 Å². The third-order valence-corrected chi connectivity index (χ3v) is 4.99. The first-order valence-electron chi connectivity index (χ1n) is 8.35. The number of hydrogen-bond donors (Lipinski definition) is 2. The normalized spacial score (nSPS) is 20.0. The third-order valence-electron chi connectivity index (χ3n) is 3.76. The van der Waals surface area contributed by atoms with E-state index in [1.807, 2.05) is 0 Å². The SMILES string of the molecule is CC(=O)NC[C@@H]1C[C@@H](NC(=O)c2ccc(Cl)s2)CN1C(=O)OC(C)(C)C. The van der Waals surface area contributed by atoms with E-state index < -0.39 is 11.7 Å². The summed E-state index contributed by atoms with van der Waals surface area (Å²) < 4.78 is 5.99. The van der Waals surface area contributed by atoms with Gasteiger partial charge in [-0.25, -0.2) is 4.79 Å². The highest BCUT2D eigenvalue weighted by molar-refractivity contribution is 7.18. The number of ether oxygens (including phenoxy) is 1. The molecule has 0 aromatic carbocycles. The van der Waals surface area contributed by atoms with Crippen LogP contribution in [0.2, 0.25) is 4.34 Å². The number of hydrogen-bond acceptors (Lipinski definition) is 5. The lowest BCUT2D eigenvalue weighted by molar-refractivity contribution is -0.119. The zero-order valence-corrected chi connectivity index (χ0v) is 16.9. The van der Waals surface area contributed by atoms with Gasteiger partial charge in [0.15, 0.2) is 0 Å². The van der Waals surface area contributed by atoms with Crippen LogP contribution >= 0.6 is 22.9 Å². The van der Waals surface area contributed by atoms with Gasteiger partial charge in [-0.05, 0) is 39.3 Å². The largest absolute Gasteiger partial charge is 0.444 e. The number of amides is 3. The molecule has 0 aliphatic carbocycles. The number of carbonyl (C=O) groups is 3. The molecule has 0 saturated carbocycles. The van der Waals surface area contributed by atoms with Crippen LogP contribution in [0.4, 0.5) is 4.79 Å². The molecule has 3 amide bonds. The highest BCUT2D eigenvalue weighted by atomic mass is 35.5. The Labute approximate surface area is 162 Å². The van der Waals surface area contributed by atoms with E-state index in [9.17, 15) is 14.4 Å². The Morgan fingerprint density at radius 2 is 2.04 bits per heavy atom. The van der Waals surface area contributed by atoms with Crippen LogP contribution in [0.15, 0.2) is 12.1 Å². The predicted octanol–water partition coefficient (Wildman–Crippen LogP) is 2.65. The maximum Gasteiger partial charge on any atom is 0.410 e. The minimum absolute atomic E-state index is 0.171. The molecule has 1 saturated heterocycles. The smallest absolute Gasteiger partial charge is 0.410 e. The average Bonchev–Trinajstić information content (AvgIpc) is 3.09. The predicted molar refractivity (Wildman–Crippen MR) is 101 cm³/mol. The molecule has 144 valence electrons. The summed E-state index contributed by atoms with van der Waals surface area (Å²) >= 11 is 7.07. The van der Waals surface area contributed by atoms with Crippen LogP contribution in [0.5, 0.6) is 0 Å². The van der Waals surface area contributed by atoms with E-state index in [-0.39, 0.29) is 23.9 Å². The second kappa shape index (κ2) is 8.26. The van der Waals surface area contributed by atoms with E-state index in [0.29, 0.717) is 28.7 Å². The number of nitrogens with zero attached hydrogens (tertiary/aromatic N) is 1. The van der Waals surface area contributed by atoms with Gasteiger partial charge in [0, 0.05) is 26.1 Å². The van der Waals surface area contributed by atoms with E-state index in [4.69, 9.17) is 16.3 Å². The molecule has 1 fully saturated rings. The van der Waals surface area contributed by atoms with Crippen LogP contribution in [0.1, 0.15) is 43.8 Å². The summed E-state index contributed by atoms with van der Waals surface area (Å²) in [6.45, 7) is 7.44. The summed E-state index contributed by atoms with van der Waals surface area (Å²) in [5.74, 6) is -0.397. The number of rotatable bonds is 4. The lowest BCUT2D eigenvalue weighted by Gasteiger charge is -2.28. The van der Waals surface area contributed by atoms with Crippen molar-refractivity contribution in [2.75, 3.05) is 13.1 Å². The Morgan fingerprint density at radius 3 is 2.58 bits per heavy atom. The summed E-state index contributed by atoms with van der Waals surface area (Å²) in [5.41, 5.74) is -0.620. The molecule has 7 nitrogen and oxygen atoms in total. The van der Waals surface area contributed by atoms with E-state index in [0.717, 1.165) is 0 Å². The summed E-state index contributed by atoms with van der Waals surface area (Å²) in [4.78, 5) is 38.1. The molecule has 2 rings (SSSR count). The fourth-order valence-corrected chi connectivity index (χ4v) is 3.66. The maximum atomic E-state index is 12.5. The maximum absolute atomic E-state index is 12.5. The summed E-state index contributed by atoms with van der Waals surface area (Å²) in [6, 6.07) is 2.86. The summed E-state index contributed by atoms with van der Waals surface area (Å²) in [6.07, 6.45) is 0.0773. The van der Waals surface area contributed by atoms with Crippen molar-refractivity contribution in [1.82, 2.24) is 15.5 Å². The Hall–Kier alpha value is -1.80. The number of halogens is 1. The van der Waals surface area contributed by atoms with Gasteiger partial charge in [-0.15, -0.1) is 11.3 Å². The van der Waals surface area contributed by atoms with Gasteiger partial charge in [0.05, 0.1) is 15.3 Å². The Kier molecular flexibility index (Phi) is 6.52. The first-order chi connectivity index (χ1) is 12.0. The van der Waals surface area contributed by atoms with E-state index in [1.54, 1.807) is 37.8 Å².